The van der Waals surface area contributed by atoms with Gasteiger partial charge in [0.05, 0.1) is 12.6 Å². The Bertz CT molecular complexity index is 376. The summed E-state index contributed by atoms with van der Waals surface area (Å²) in [6.45, 7) is -0.350. The van der Waals surface area contributed by atoms with Gasteiger partial charge in [-0.3, -0.25) is 0 Å². The summed E-state index contributed by atoms with van der Waals surface area (Å²) in [6, 6.07) is 8.81. The molecule has 0 aliphatic carbocycles. The lowest BCUT2D eigenvalue weighted by atomic mass is 9.99. The van der Waals surface area contributed by atoms with E-state index in [0.29, 0.717) is 0 Å². The summed E-state index contributed by atoms with van der Waals surface area (Å²) in [7, 11) is 0. The van der Waals surface area contributed by atoms with Gasteiger partial charge in [0.15, 0.2) is 0 Å². The van der Waals surface area contributed by atoms with E-state index in [1.165, 1.54) is 11.8 Å². The topological polar surface area (TPSA) is 95.9 Å². The van der Waals surface area contributed by atoms with Gasteiger partial charge in [-0.25, -0.2) is 0 Å². The quantitative estimate of drug-likeness (QED) is 0.594. The smallest absolute Gasteiger partial charge is 0.126 e. The highest BCUT2D eigenvalue weighted by molar-refractivity contribution is 7.99. The van der Waals surface area contributed by atoms with E-state index >= 15 is 0 Å². The van der Waals surface area contributed by atoms with Crippen molar-refractivity contribution in [2.24, 2.45) is 5.73 Å². The van der Waals surface area contributed by atoms with Crippen LogP contribution in [0.2, 0.25) is 0 Å². The minimum atomic E-state index is -1.15. The van der Waals surface area contributed by atoms with Crippen molar-refractivity contribution in [3.63, 3.8) is 0 Å². The molecule has 1 aliphatic rings. The fraction of sp³-hybridized carbons (Fsp3) is 0.500. The molecule has 5 nitrogen and oxygen atoms in total. The molecular weight excluding hydrogens is 254 g/mol. The molecule has 100 valence electrons. The summed E-state index contributed by atoms with van der Waals surface area (Å²) in [6.07, 6.45) is -3.06. The first kappa shape index (κ1) is 13.8. The van der Waals surface area contributed by atoms with Crippen LogP contribution in [-0.4, -0.2) is 51.7 Å². The summed E-state index contributed by atoms with van der Waals surface area (Å²) < 4.78 is 5.51. The van der Waals surface area contributed by atoms with E-state index in [2.05, 4.69) is 0 Å². The highest BCUT2D eigenvalue weighted by Crippen LogP contribution is 2.32. The van der Waals surface area contributed by atoms with E-state index in [9.17, 15) is 10.2 Å². The third kappa shape index (κ3) is 2.85. The Morgan fingerprint density at radius 3 is 2.44 bits per heavy atom. The molecule has 6 heteroatoms. The molecule has 2 unspecified atom stereocenters. The van der Waals surface area contributed by atoms with Gasteiger partial charge >= 0.3 is 0 Å². The van der Waals surface area contributed by atoms with Crippen molar-refractivity contribution >= 4 is 11.8 Å². The van der Waals surface area contributed by atoms with Crippen molar-refractivity contribution in [1.82, 2.24) is 0 Å². The number of aliphatic hydroxyl groups excluding tert-OH is 3. The van der Waals surface area contributed by atoms with Gasteiger partial charge in [-0.15, -0.1) is 0 Å². The molecule has 1 aromatic rings. The van der Waals surface area contributed by atoms with Crippen LogP contribution in [0.25, 0.3) is 0 Å². The Kier molecular flexibility index (Phi) is 4.60. The lowest BCUT2D eigenvalue weighted by Crippen LogP contribution is -2.60. The Morgan fingerprint density at radius 2 is 1.83 bits per heavy atom. The standard InChI is InChI=1S/C12H17NO4S/c13-9-11(16)10(15)8(6-14)17-12(9)18-7-4-2-1-3-5-7/h1-5,8-12,14-16H,6,13H2/t8?,9-,10+,11?,12-/m0/s1. The van der Waals surface area contributed by atoms with Crippen LogP contribution >= 0.6 is 11.8 Å². The van der Waals surface area contributed by atoms with Crippen LogP contribution in [0.15, 0.2) is 35.2 Å². The first-order valence-electron chi connectivity index (χ1n) is 5.73. The van der Waals surface area contributed by atoms with Crippen LogP contribution in [0.5, 0.6) is 0 Å². The normalized spacial score (nSPS) is 36.6. The third-order valence-electron chi connectivity index (χ3n) is 2.92. The Balaban J connectivity index is 2.08. The number of aliphatic hydroxyl groups is 3. The van der Waals surface area contributed by atoms with Gasteiger partial charge in [0.2, 0.25) is 0 Å². The molecule has 5 atom stereocenters. The summed E-state index contributed by atoms with van der Waals surface area (Å²) in [5.41, 5.74) is 5.34. The number of thioether (sulfide) groups is 1. The summed E-state index contributed by atoms with van der Waals surface area (Å²) in [4.78, 5) is 0.957. The van der Waals surface area contributed by atoms with Gasteiger partial charge in [-0.2, -0.15) is 0 Å². The molecule has 0 spiro atoms. The minimum Gasteiger partial charge on any atom is -0.394 e. The Hall–Kier alpha value is -0.630. The van der Waals surface area contributed by atoms with Crippen LogP contribution in [-0.2, 0) is 4.74 Å². The zero-order valence-electron chi connectivity index (χ0n) is 9.72. The van der Waals surface area contributed by atoms with Crippen molar-refractivity contribution in [2.75, 3.05) is 6.61 Å². The first-order valence-corrected chi connectivity index (χ1v) is 6.61. The van der Waals surface area contributed by atoms with Crippen molar-refractivity contribution < 1.29 is 20.1 Å². The monoisotopic (exact) mass is 271 g/mol. The molecule has 1 aliphatic heterocycles. The number of rotatable bonds is 3. The molecule has 1 saturated heterocycles. The van der Waals surface area contributed by atoms with Crippen LogP contribution < -0.4 is 5.73 Å². The van der Waals surface area contributed by atoms with Gasteiger partial charge in [-0.1, -0.05) is 30.0 Å². The predicted octanol–water partition coefficient (Wildman–Crippen LogP) is -0.455. The van der Waals surface area contributed by atoms with E-state index in [0.717, 1.165) is 4.90 Å². The van der Waals surface area contributed by atoms with E-state index in [-0.39, 0.29) is 6.61 Å². The highest BCUT2D eigenvalue weighted by Gasteiger charge is 2.42. The van der Waals surface area contributed by atoms with Crippen LogP contribution in [0.4, 0.5) is 0 Å². The summed E-state index contributed by atoms with van der Waals surface area (Å²) >= 11 is 1.37. The van der Waals surface area contributed by atoms with E-state index in [1.54, 1.807) is 0 Å². The maximum atomic E-state index is 9.82. The van der Waals surface area contributed by atoms with Crippen LogP contribution in [0.1, 0.15) is 0 Å². The highest BCUT2D eigenvalue weighted by atomic mass is 32.2. The molecular formula is C12H17NO4S. The lowest BCUT2D eigenvalue weighted by Gasteiger charge is -2.40. The molecule has 1 fully saturated rings. The molecule has 0 aromatic heterocycles. The minimum absolute atomic E-state index is 0.350. The maximum absolute atomic E-state index is 9.82. The van der Waals surface area contributed by atoms with Gasteiger partial charge in [0.25, 0.3) is 0 Å². The average molecular weight is 271 g/mol. The molecule has 2 rings (SSSR count). The second kappa shape index (κ2) is 6.01. The summed E-state index contributed by atoms with van der Waals surface area (Å²) in [5.74, 6) is 0. The van der Waals surface area contributed by atoms with Crippen molar-refractivity contribution in [1.29, 1.82) is 0 Å². The molecule has 0 radical (unpaired) electrons. The summed E-state index contributed by atoms with van der Waals surface area (Å²) in [5, 5.41) is 28.6. The molecule has 1 heterocycles. The van der Waals surface area contributed by atoms with E-state index < -0.39 is 29.8 Å². The van der Waals surface area contributed by atoms with Crippen LogP contribution in [0.3, 0.4) is 0 Å². The number of hydrogen-bond donors (Lipinski definition) is 4. The second-order valence-corrected chi connectivity index (χ2v) is 5.39. The molecule has 0 bridgehead atoms. The number of hydrogen-bond acceptors (Lipinski definition) is 6. The van der Waals surface area contributed by atoms with Gasteiger partial charge in [-0.05, 0) is 12.1 Å². The third-order valence-corrected chi connectivity index (χ3v) is 4.13. The lowest BCUT2D eigenvalue weighted by molar-refractivity contribution is -0.165. The molecule has 18 heavy (non-hydrogen) atoms. The molecule has 0 amide bonds. The SMILES string of the molecule is N[C@H]1C(O)[C@H](O)C(CO)O[C@H]1Sc1ccccc1. The number of benzene rings is 1. The van der Waals surface area contributed by atoms with Crippen molar-refractivity contribution in [3.8, 4) is 0 Å². The predicted molar refractivity (Wildman–Crippen MR) is 68.0 cm³/mol. The maximum Gasteiger partial charge on any atom is 0.126 e. The van der Waals surface area contributed by atoms with Crippen molar-refractivity contribution in [2.45, 2.75) is 34.7 Å². The molecule has 5 N–H and O–H groups in total. The number of nitrogens with two attached hydrogens (primary N) is 1. The second-order valence-electron chi connectivity index (χ2n) is 4.21. The first-order chi connectivity index (χ1) is 8.63. The zero-order valence-corrected chi connectivity index (χ0v) is 10.5. The average Bonchev–Trinajstić information content (AvgIpc) is 2.40. The van der Waals surface area contributed by atoms with Gasteiger partial charge in [0.1, 0.15) is 23.7 Å². The van der Waals surface area contributed by atoms with Gasteiger partial charge in [0, 0.05) is 4.90 Å². The van der Waals surface area contributed by atoms with E-state index in [4.69, 9.17) is 15.6 Å². The van der Waals surface area contributed by atoms with Crippen LogP contribution in [0, 0.1) is 0 Å². The van der Waals surface area contributed by atoms with Crippen molar-refractivity contribution in [3.05, 3.63) is 30.3 Å². The van der Waals surface area contributed by atoms with E-state index in [1.807, 2.05) is 30.3 Å². The Morgan fingerprint density at radius 1 is 1.17 bits per heavy atom. The number of ether oxygens (including phenoxy) is 1. The Labute approximate surface area is 110 Å². The fourth-order valence-corrected chi connectivity index (χ4v) is 2.94. The van der Waals surface area contributed by atoms with Gasteiger partial charge < -0.3 is 25.8 Å². The molecule has 1 aromatic carbocycles. The molecule has 0 saturated carbocycles. The largest absolute Gasteiger partial charge is 0.394 e. The fourth-order valence-electron chi connectivity index (χ4n) is 1.84. The zero-order chi connectivity index (χ0) is 13.1.